The quantitative estimate of drug-likeness (QED) is 0.556. The van der Waals surface area contributed by atoms with E-state index in [0.29, 0.717) is 29.9 Å². The van der Waals surface area contributed by atoms with Gasteiger partial charge in [-0.2, -0.15) is 0 Å². The van der Waals surface area contributed by atoms with Crippen LogP contribution in [0.25, 0.3) is 5.57 Å². The molecule has 0 unspecified atom stereocenters. The Bertz CT molecular complexity index is 905. The molecule has 1 amide bonds. The molecule has 2 fully saturated rings. The molecule has 1 saturated heterocycles. The van der Waals surface area contributed by atoms with Crippen LogP contribution in [0.2, 0.25) is 0 Å². The highest BCUT2D eigenvalue weighted by atomic mass is 16.5. The van der Waals surface area contributed by atoms with E-state index in [1.165, 1.54) is 6.42 Å². The van der Waals surface area contributed by atoms with Gasteiger partial charge in [0.2, 0.25) is 5.91 Å². The lowest BCUT2D eigenvalue weighted by molar-refractivity contribution is -0.128. The van der Waals surface area contributed by atoms with Gasteiger partial charge >= 0.3 is 0 Å². The fraction of sp³-hybridized carbons (Fsp3) is 0.630. The van der Waals surface area contributed by atoms with Gasteiger partial charge in [0.25, 0.3) is 0 Å². The number of hydrogen-bond acceptors (Lipinski definition) is 4. The van der Waals surface area contributed by atoms with Gasteiger partial charge in [-0.1, -0.05) is 25.8 Å². The van der Waals surface area contributed by atoms with Gasteiger partial charge in [0.15, 0.2) is 5.78 Å². The minimum Gasteiger partial charge on any atom is -0.496 e. The van der Waals surface area contributed by atoms with E-state index in [9.17, 15) is 9.59 Å². The third kappa shape index (κ3) is 4.44. The Kier molecular flexibility index (Phi) is 6.92. The Morgan fingerprint density at radius 1 is 1.19 bits per heavy atom. The standard InChI is InChI=1S/C27H37NO4/c1-4-5-11-20(17-23(30)28-14-9-10-15-28)25-22(31-3)16-19(2)24-21(29)18-27(32-26(24)25)12-7-6-8-13-27/h11,16H,4-10,12-15,17-18H2,1-3H3. The van der Waals surface area contributed by atoms with Gasteiger partial charge in [-0.25, -0.2) is 0 Å². The Morgan fingerprint density at radius 2 is 1.91 bits per heavy atom. The molecule has 1 saturated carbocycles. The van der Waals surface area contributed by atoms with Crippen LogP contribution in [0.15, 0.2) is 12.1 Å². The second kappa shape index (κ2) is 9.68. The van der Waals surface area contributed by atoms with Crippen LogP contribution >= 0.6 is 0 Å². The highest BCUT2D eigenvalue weighted by molar-refractivity contribution is 6.05. The number of amides is 1. The van der Waals surface area contributed by atoms with E-state index in [1.54, 1.807) is 7.11 Å². The number of aryl methyl sites for hydroxylation is 1. The molecule has 5 nitrogen and oxygen atoms in total. The summed E-state index contributed by atoms with van der Waals surface area (Å²) < 4.78 is 12.6. The highest BCUT2D eigenvalue weighted by Gasteiger charge is 2.43. The third-order valence-corrected chi connectivity index (χ3v) is 7.31. The van der Waals surface area contributed by atoms with Crippen LogP contribution in [-0.2, 0) is 4.79 Å². The molecule has 1 aromatic carbocycles. The average Bonchev–Trinajstić information content (AvgIpc) is 3.31. The van der Waals surface area contributed by atoms with Crippen molar-refractivity contribution in [1.29, 1.82) is 0 Å². The number of unbranched alkanes of at least 4 members (excludes halogenated alkanes) is 1. The zero-order valence-electron chi connectivity index (χ0n) is 19.9. The van der Waals surface area contributed by atoms with Crippen LogP contribution in [-0.4, -0.2) is 42.4 Å². The predicted octanol–water partition coefficient (Wildman–Crippen LogP) is 5.87. The molecule has 5 heteroatoms. The summed E-state index contributed by atoms with van der Waals surface area (Å²) in [6, 6.07) is 1.94. The Labute approximate surface area is 192 Å². The van der Waals surface area contributed by atoms with Gasteiger partial charge < -0.3 is 14.4 Å². The van der Waals surface area contributed by atoms with Crippen molar-refractivity contribution in [3.8, 4) is 11.5 Å². The smallest absolute Gasteiger partial charge is 0.227 e. The molecule has 0 aromatic heterocycles. The fourth-order valence-electron chi connectivity index (χ4n) is 5.60. The summed E-state index contributed by atoms with van der Waals surface area (Å²) in [6.07, 6.45) is 12.1. The molecule has 0 atom stereocenters. The number of hydrogen-bond donors (Lipinski definition) is 0. The molecule has 3 aliphatic rings. The minimum absolute atomic E-state index is 0.149. The summed E-state index contributed by atoms with van der Waals surface area (Å²) in [6.45, 7) is 5.76. The number of carbonyl (C=O) groups excluding carboxylic acids is 2. The van der Waals surface area contributed by atoms with Crippen molar-refractivity contribution < 1.29 is 19.1 Å². The fourth-order valence-corrected chi connectivity index (χ4v) is 5.60. The van der Waals surface area contributed by atoms with Crippen molar-refractivity contribution in [2.45, 2.75) is 90.1 Å². The Balaban J connectivity index is 1.81. The first kappa shape index (κ1) is 22.9. The first-order valence-corrected chi connectivity index (χ1v) is 12.4. The largest absolute Gasteiger partial charge is 0.496 e. The number of ketones is 1. The summed E-state index contributed by atoms with van der Waals surface area (Å²) in [5, 5.41) is 0. The van der Waals surface area contributed by atoms with Crippen molar-refractivity contribution >= 4 is 17.3 Å². The van der Waals surface area contributed by atoms with Crippen LogP contribution in [0.3, 0.4) is 0 Å². The molecule has 4 rings (SSSR count). The van der Waals surface area contributed by atoms with E-state index in [4.69, 9.17) is 9.47 Å². The molecule has 0 N–H and O–H groups in total. The normalized spacial score (nSPS) is 20.3. The molecule has 2 heterocycles. The van der Waals surface area contributed by atoms with Crippen LogP contribution < -0.4 is 9.47 Å². The number of methoxy groups -OCH3 is 1. The van der Waals surface area contributed by atoms with Gasteiger partial charge in [-0.3, -0.25) is 9.59 Å². The van der Waals surface area contributed by atoms with E-state index in [-0.39, 0.29) is 11.7 Å². The average molecular weight is 440 g/mol. The minimum atomic E-state index is -0.412. The molecular weight excluding hydrogens is 402 g/mol. The Morgan fingerprint density at radius 3 is 2.56 bits per heavy atom. The third-order valence-electron chi connectivity index (χ3n) is 7.31. The molecule has 0 radical (unpaired) electrons. The van der Waals surface area contributed by atoms with Crippen LogP contribution in [0.1, 0.15) is 99.0 Å². The lowest BCUT2D eigenvalue weighted by Gasteiger charge is -2.42. The SMILES string of the molecule is CCCC=C(CC(=O)N1CCCC1)c1c(OC)cc(C)c2c1OC1(CCCCC1)CC2=O. The molecule has 1 aromatic rings. The van der Waals surface area contributed by atoms with E-state index >= 15 is 0 Å². The number of likely N-dealkylation sites (tertiary alicyclic amines) is 1. The topological polar surface area (TPSA) is 55.8 Å². The van der Waals surface area contributed by atoms with E-state index < -0.39 is 5.60 Å². The van der Waals surface area contributed by atoms with Gasteiger partial charge in [-0.15, -0.1) is 0 Å². The highest BCUT2D eigenvalue weighted by Crippen LogP contribution is 2.49. The van der Waals surface area contributed by atoms with E-state index in [0.717, 1.165) is 81.2 Å². The number of Topliss-reactive ketones (excluding diaryl/α,β-unsaturated/α-hetero) is 1. The van der Waals surface area contributed by atoms with Crippen molar-refractivity contribution in [1.82, 2.24) is 4.90 Å². The van der Waals surface area contributed by atoms with Crippen LogP contribution in [0.4, 0.5) is 0 Å². The molecule has 2 aliphatic heterocycles. The van der Waals surface area contributed by atoms with Crippen molar-refractivity contribution in [2.75, 3.05) is 20.2 Å². The molecule has 32 heavy (non-hydrogen) atoms. The summed E-state index contributed by atoms with van der Waals surface area (Å²) in [5.74, 6) is 1.65. The van der Waals surface area contributed by atoms with Crippen LogP contribution in [0, 0.1) is 6.92 Å². The zero-order valence-corrected chi connectivity index (χ0v) is 19.9. The van der Waals surface area contributed by atoms with Crippen molar-refractivity contribution in [3.05, 3.63) is 28.8 Å². The molecular formula is C27H37NO4. The lowest BCUT2D eigenvalue weighted by atomic mass is 9.77. The maximum Gasteiger partial charge on any atom is 0.227 e. The number of nitrogens with zero attached hydrogens (tertiary/aromatic N) is 1. The molecule has 1 spiro atoms. The molecule has 174 valence electrons. The molecule has 0 bridgehead atoms. The van der Waals surface area contributed by atoms with E-state index in [1.807, 2.05) is 17.9 Å². The zero-order chi connectivity index (χ0) is 22.7. The molecule has 1 aliphatic carbocycles. The monoisotopic (exact) mass is 439 g/mol. The predicted molar refractivity (Wildman–Crippen MR) is 126 cm³/mol. The summed E-state index contributed by atoms with van der Waals surface area (Å²) in [5.41, 5.74) is 2.89. The Hall–Kier alpha value is -2.30. The van der Waals surface area contributed by atoms with Gasteiger partial charge in [-0.05, 0) is 69.1 Å². The van der Waals surface area contributed by atoms with E-state index in [2.05, 4.69) is 13.0 Å². The number of carbonyl (C=O) groups is 2. The summed E-state index contributed by atoms with van der Waals surface area (Å²) >= 11 is 0. The van der Waals surface area contributed by atoms with Crippen molar-refractivity contribution in [3.63, 3.8) is 0 Å². The van der Waals surface area contributed by atoms with Gasteiger partial charge in [0.1, 0.15) is 17.1 Å². The summed E-state index contributed by atoms with van der Waals surface area (Å²) in [7, 11) is 1.66. The second-order valence-electron chi connectivity index (χ2n) is 9.70. The number of ether oxygens (including phenoxy) is 2. The first-order valence-electron chi connectivity index (χ1n) is 12.4. The van der Waals surface area contributed by atoms with Gasteiger partial charge in [0, 0.05) is 13.1 Å². The number of fused-ring (bicyclic) bond motifs is 1. The number of allylic oxidation sites excluding steroid dienone is 1. The second-order valence-corrected chi connectivity index (χ2v) is 9.70. The number of benzene rings is 1. The number of rotatable bonds is 6. The van der Waals surface area contributed by atoms with Gasteiger partial charge in [0.05, 0.1) is 31.1 Å². The maximum absolute atomic E-state index is 13.4. The van der Waals surface area contributed by atoms with Crippen molar-refractivity contribution in [2.24, 2.45) is 0 Å². The van der Waals surface area contributed by atoms with Crippen LogP contribution in [0.5, 0.6) is 11.5 Å². The lowest BCUT2D eigenvalue weighted by Crippen LogP contribution is -2.44. The summed E-state index contributed by atoms with van der Waals surface area (Å²) in [4.78, 5) is 28.5. The first-order chi connectivity index (χ1) is 15.5. The maximum atomic E-state index is 13.4.